The first-order chi connectivity index (χ1) is 7.38. The molecule has 0 atom stereocenters. The summed E-state index contributed by atoms with van der Waals surface area (Å²) in [5, 5.41) is 3.47. The molecule has 3 rings (SSSR count). The first-order valence-electron chi connectivity index (χ1n) is 6.83. The van der Waals surface area contributed by atoms with Crippen LogP contribution in [0.4, 0.5) is 0 Å². The number of rotatable bonds is 1. The average Bonchev–Trinajstić information content (AvgIpc) is 2.28. The normalized spacial score (nSPS) is 32.8. The van der Waals surface area contributed by atoms with Crippen LogP contribution in [0.25, 0.3) is 0 Å². The van der Waals surface area contributed by atoms with Gasteiger partial charge in [-0.3, -0.25) is 4.90 Å². The minimum atomic E-state index is 0.690. The number of piperidine rings is 1. The Morgan fingerprint density at radius 3 is 2.47 bits per heavy atom. The molecular weight excluding hydrogens is 184 g/mol. The second-order valence-electron chi connectivity index (χ2n) is 5.97. The summed E-state index contributed by atoms with van der Waals surface area (Å²) in [7, 11) is 0. The van der Waals surface area contributed by atoms with Crippen LogP contribution in [0.1, 0.15) is 44.9 Å². The Balaban J connectivity index is 1.60. The third kappa shape index (κ3) is 1.94. The van der Waals surface area contributed by atoms with E-state index >= 15 is 0 Å². The van der Waals surface area contributed by atoms with E-state index in [1.165, 1.54) is 71.1 Å². The minimum Gasteiger partial charge on any atom is -0.315 e. The van der Waals surface area contributed by atoms with Crippen LogP contribution in [0.2, 0.25) is 0 Å². The van der Waals surface area contributed by atoms with Crippen molar-refractivity contribution in [2.24, 2.45) is 5.41 Å². The molecule has 1 spiro atoms. The molecule has 0 radical (unpaired) electrons. The molecule has 3 fully saturated rings. The lowest BCUT2D eigenvalue weighted by atomic mass is 9.74. The number of likely N-dealkylation sites (tertiary alicyclic amines) is 1. The highest BCUT2D eigenvalue weighted by Crippen LogP contribution is 2.36. The van der Waals surface area contributed by atoms with E-state index in [4.69, 9.17) is 0 Å². The Morgan fingerprint density at radius 1 is 1.00 bits per heavy atom. The zero-order valence-electron chi connectivity index (χ0n) is 9.80. The summed E-state index contributed by atoms with van der Waals surface area (Å²) in [6.45, 7) is 5.35. The van der Waals surface area contributed by atoms with Crippen LogP contribution in [0.5, 0.6) is 0 Å². The molecular formula is C13H24N2. The monoisotopic (exact) mass is 208 g/mol. The molecule has 1 N–H and O–H groups in total. The predicted octanol–water partition coefficient (Wildman–Crippen LogP) is 2.00. The Hall–Kier alpha value is -0.0800. The van der Waals surface area contributed by atoms with Gasteiger partial charge in [0.25, 0.3) is 0 Å². The molecule has 0 aromatic carbocycles. The van der Waals surface area contributed by atoms with Crippen LogP contribution in [0, 0.1) is 5.41 Å². The lowest BCUT2D eigenvalue weighted by Crippen LogP contribution is -2.62. The molecule has 15 heavy (non-hydrogen) atoms. The van der Waals surface area contributed by atoms with Crippen molar-refractivity contribution in [1.29, 1.82) is 0 Å². The van der Waals surface area contributed by atoms with E-state index in [0.29, 0.717) is 5.41 Å². The van der Waals surface area contributed by atoms with E-state index in [1.807, 2.05) is 0 Å². The van der Waals surface area contributed by atoms with Crippen molar-refractivity contribution in [1.82, 2.24) is 10.2 Å². The molecule has 2 nitrogen and oxygen atoms in total. The standard InChI is InChI=1S/C13H24N2/c1-2-5-12(6-3-1)15-8-4-7-13(11-15)9-14-10-13/h12,14H,1-11H2. The predicted molar refractivity (Wildman–Crippen MR) is 63.0 cm³/mol. The fourth-order valence-corrected chi connectivity index (χ4v) is 3.77. The molecule has 86 valence electrons. The highest BCUT2D eigenvalue weighted by molar-refractivity contribution is 4.98. The SMILES string of the molecule is C1CCC(N2CCCC3(CNC3)C2)CC1. The van der Waals surface area contributed by atoms with Gasteiger partial charge >= 0.3 is 0 Å². The van der Waals surface area contributed by atoms with Crippen LogP contribution in [-0.4, -0.2) is 37.1 Å². The zero-order chi connectivity index (χ0) is 10.1. The van der Waals surface area contributed by atoms with E-state index < -0.39 is 0 Å². The molecule has 0 unspecified atom stereocenters. The van der Waals surface area contributed by atoms with Crippen LogP contribution < -0.4 is 5.32 Å². The zero-order valence-corrected chi connectivity index (χ0v) is 9.80. The lowest BCUT2D eigenvalue weighted by molar-refractivity contribution is 0.00909. The summed E-state index contributed by atoms with van der Waals surface area (Å²) in [6.07, 6.45) is 10.3. The molecule has 0 aromatic rings. The molecule has 2 aliphatic heterocycles. The molecule has 3 aliphatic rings. The van der Waals surface area contributed by atoms with Gasteiger partial charge in [-0.15, -0.1) is 0 Å². The molecule has 2 heterocycles. The maximum absolute atomic E-state index is 3.47. The van der Waals surface area contributed by atoms with Crippen LogP contribution >= 0.6 is 0 Å². The van der Waals surface area contributed by atoms with Gasteiger partial charge in [0.05, 0.1) is 0 Å². The summed E-state index contributed by atoms with van der Waals surface area (Å²) < 4.78 is 0. The second kappa shape index (κ2) is 4.06. The van der Waals surface area contributed by atoms with E-state index in [-0.39, 0.29) is 0 Å². The van der Waals surface area contributed by atoms with Gasteiger partial charge in [0.2, 0.25) is 0 Å². The summed E-state index contributed by atoms with van der Waals surface area (Å²) in [6, 6.07) is 0.941. The first kappa shape index (κ1) is 10.1. The fraction of sp³-hybridized carbons (Fsp3) is 1.00. The highest BCUT2D eigenvalue weighted by Gasteiger charge is 2.41. The maximum atomic E-state index is 3.47. The van der Waals surface area contributed by atoms with Crippen LogP contribution in [-0.2, 0) is 0 Å². The molecule has 1 aliphatic carbocycles. The Morgan fingerprint density at radius 2 is 1.80 bits per heavy atom. The topological polar surface area (TPSA) is 15.3 Å². The molecule has 0 amide bonds. The summed E-state index contributed by atoms with van der Waals surface area (Å²) in [5.41, 5.74) is 0.690. The molecule has 2 heteroatoms. The van der Waals surface area contributed by atoms with Crippen molar-refractivity contribution >= 4 is 0 Å². The molecule has 0 aromatic heterocycles. The molecule has 0 bridgehead atoms. The lowest BCUT2D eigenvalue weighted by Gasteiger charge is -2.51. The third-order valence-corrected chi connectivity index (χ3v) is 4.78. The summed E-state index contributed by atoms with van der Waals surface area (Å²) >= 11 is 0. The van der Waals surface area contributed by atoms with E-state index in [1.54, 1.807) is 0 Å². The van der Waals surface area contributed by atoms with Gasteiger partial charge in [-0.2, -0.15) is 0 Å². The van der Waals surface area contributed by atoms with Crippen molar-refractivity contribution in [3.63, 3.8) is 0 Å². The van der Waals surface area contributed by atoms with Crippen molar-refractivity contribution in [2.75, 3.05) is 26.2 Å². The Labute approximate surface area is 93.4 Å². The van der Waals surface area contributed by atoms with E-state index in [2.05, 4.69) is 10.2 Å². The number of hydrogen-bond donors (Lipinski definition) is 1. The number of hydrogen-bond acceptors (Lipinski definition) is 2. The van der Waals surface area contributed by atoms with E-state index in [0.717, 1.165) is 6.04 Å². The second-order valence-corrected chi connectivity index (χ2v) is 5.97. The van der Waals surface area contributed by atoms with Gasteiger partial charge in [-0.05, 0) is 32.2 Å². The largest absolute Gasteiger partial charge is 0.315 e. The smallest absolute Gasteiger partial charge is 0.00955 e. The maximum Gasteiger partial charge on any atom is 0.00955 e. The van der Waals surface area contributed by atoms with Gasteiger partial charge in [0.15, 0.2) is 0 Å². The third-order valence-electron chi connectivity index (χ3n) is 4.78. The van der Waals surface area contributed by atoms with Gasteiger partial charge < -0.3 is 5.32 Å². The van der Waals surface area contributed by atoms with Gasteiger partial charge in [0, 0.05) is 31.1 Å². The van der Waals surface area contributed by atoms with Gasteiger partial charge in [-0.25, -0.2) is 0 Å². The van der Waals surface area contributed by atoms with Gasteiger partial charge in [0.1, 0.15) is 0 Å². The average molecular weight is 208 g/mol. The molecule has 1 saturated carbocycles. The van der Waals surface area contributed by atoms with Crippen LogP contribution in [0.3, 0.4) is 0 Å². The van der Waals surface area contributed by atoms with Gasteiger partial charge in [-0.1, -0.05) is 19.3 Å². The number of nitrogens with one attached hydrogen (secondary N) is 1. The van der Waals surface area contributed by atoms with Crippen molar-refractivity contribution in [3.8, 4) is 0 Å². The van der Waals surface area contributed by atoms with Crippen molar-refractivity contribution < 1.29 is 0 Å². The first-order valence-corrected chi connectivity index (χ1v) is 6.83. The Kier molecular flexibility index (Phi) is 2.73. The van der Waals surface area contributed by atoms with Crippen molar-refractivity contribution in [2.45, 2.75) is 51.0 Å². The summed E-state index contributed by atoms with van der Waals surface area (Å²) in [5.74, 6) is 0. The summed E-state index contributed by atoms with van der Waals surface area (Å²) in [4.78, 5) is 2.82. The fourth-order valence-electron chi connectivity index (χ4n) is 3.77. The van der Waals surface area contributed by atoms with E-state index in [9.17, 15) is 0 Å². The quantitative estimate of drug-likeness (QED) is 0.709. The highest BCUT2D eigenvalue weighted by atomic mass is 15.2. The number of nitrogens with zero attached hydrogens (tertiary/aromatic N) is 1. The Bertz CT molecular complexity index is 217. The van der Waals surface area contributed by atoms with Crippen molar-refractivity contribution in [3.05, 3.63) is 0 Å². The molecule has 2 saturated heterocycles. The minimum absolute atomic E-state index is 0.690. The van der Waals surface area contributed by atoms with Crippen LogP contribution in [0.15, 0.2) is 0 Å².